The molecule has 0 aliphatic heterocycles. The molecule has 1 amide bonds. The molecule has 0 aliphatic rings. The van der Waals surface area contributed by atoms with Gasteiger partial charge in [-0.15, -0.1) is 0 Å². The molecule has 0 bridgehead atoms. The number of nitrogens with one attached hydrogen (secondary N) is 1. The number of halogens is 3. The molecule has 0 fully saturated rings. The number of rotatable bonds is 3. The Kier molecular flexibility index (Phi) is 5.42. The molecule has 0 saturated carbocycles. The Morgan fingerprint density at radius 3 is 2.76 bits per heavy atom. The molecule has 2 aromatic heterocycles. The molecule has 1 N–H and O–H groups in total. The number of carbonyl (C=O) groups excluding carboxylic acids is 1. The zero-order valence-corrected chi connectivity index (χ0v) is 17.0. The van der Waals surface area contributed by atoms with Crippen molar-refractivity contribution < 1.29 is 13.6 Å². The number of amides is 1. The summed E-state index contributed by atoms with van der Waals surface area (Å²) >= 11 is 9.20. The zero-order chi connectivity index (χ0) is 20.4. The van der Waals surface area contributed by atoms with Crippen LogP contribution >= 0.6 is 27.5 Å². The quantitative estimate of drug-likeness (QED) is 0.406. The lowest BCUT2D eigenvalue weighted by atomic mass is 10.1. The lowest BCUT2D eigenvalue weighted by Crippen LogP contribution is -2.22. The summed E-state index contributed by atoms with van der Waals surface area (Å²) in [5.74, 6) is -0.738. The highest BCUT2D eigenvalue weighted by atomic mass is 79.9. The van der Waals surface area contributed by atoms with Gasteiger partial charge in [-0.25, -0.2) is 14.4 Å². The van der Waals surface area contributed by atoms with E-state index in [1.165, 1.54) is 12.1 Å². The fourth-order valence-corrected chi connectivity index (χ4v) is 3.19. The van der Waals surface area contributed by atoms with Gasteiger partial charge in [0.2, 0.25) is 5.55 Å². The monoisotopic (exact) mass is 471 g/mol. The minimum atomic E-state index is -0.625. The first-order valence-electron chi connectivity index (χ1n) is 8.45. The van der Waals surface area contributed by atoms with E-state index >= 15 is 0 Å². The van der Waals surface area contributed by atoms with Gasteiger partial charge in [-0.2, -0.15) is 0 Å². The van der Waals surface area contributed by atoms with Crippen molar-refractivity contribution in [1.82, 2.24) is 4.98 Å². The van der Waals surface area contributed by atoms with Crippen molar-refractivity contribution in [3.05, 3.63) is 93.3 Å². The molecule has 5 nitrogen and oxygen atoms in total. The number of hydrogen-bond donors (Lipinski definition) is 1. The SMILES string of the molecule is O=C(Nc1ccccn1)c1cc2cc(Br)ccc2oc1=Nc1ccc(Cl)cc1F. The lowest BCUT2D eigenvalue weighted by molar-refractivity contribution is 0.102. The maximum absolute atomic E-state index is 14.2. The largest absolute Gasteiger partial charge is 0.438 e. The predicted molar refractivity (Wildman–Crippen MR) is 113 cm³/mol. The van der Waals surface area contributed by atoms with Crippen molar-refractivity contribution >= 4 is 55.9 Å². The minimum Gasteiger partial charge on any atom is -0.438 e. The Morgan fingerprint density at radius 1 is 1.14 bits per heavy atom. The summed E-state index contributed by atoms with van der Waals surface area (Å²) in [6, 6.07) is 16.2. The average Bonchev–Trinajstić information content (AvgIpc) is 2.70. The first kappa shape index (κ1) is 19.3. The van der Waals surface area contributed by atoms with E-state index in [2.05, 4.69) is 31.2 Å². The Morgan fingerprint density at radius 2 is 2.00 bits per heavy atom. The van der Waals surface area contributed by atoms with Crippen LogP contribution in [0.3, 0.4) is 0 Å². The van der Waals surface area contributed by atoms with Crippen LogP contribution in [-0.4, -0.2) is 10.9 Å². The summed E-state index contributed by atoms with van der Waals surface area (Å²) in [6.45, 7) is 0. The number of benzene rings is 2. The highest BCUT2D eigenvalue weighted by Crippen LogP contribution is 2.23. The van der Waals surface area contributed by atoms with Crippen LogP contribution in [0.1, 0.15) is 10.4 Å². The van der Waals surface area contributed by atoms with Crippen molar-refractivity contribution in [2.24, 2.45) is 4.99 Å². The molecule has 144 valence electrons. The number of aromatic nitrogens is 1. The van der Waals surface area contributed by atoms with Gasteiger partial charge in [0.25, 0.3) is 5.91 Å². The Balaban J connectivity index is 1.89. The van der Waals surface area contributed by atoms with Crippen molar-refractivity contribution in [3.63, 3.8) is 0 Å². The summed E-state index contributed by atoms with van der Waals surface area (Å²) in [7, 11) is 0. The molecule has 29 heavy (non-hydrogen) atoms. The third kappa shape index (κ3) is 4.36. The number of hydrogen-bond acceptors (Lipinski definition) is 4. The first-order chi connectivity index (χ1) is 14.0. The Bertz CT molecular complexity index is 1290. The van der Waals surface area contributed by atoms with Crippen molar-refractivity contribution in [3.8, 4) is 0 Å². The van der Waals surface area contributed by atoms with Crippen LogP contribution in [0.5, 0.6) is 0 Å². The van der Waals surface area contributed by atoms with E-state index in [9.17, 15) is 9.18 Å². The van der Waals surface area contributed by atoms with Crippen molar-refractivity contribution in [2.75, 3.05) is 5.32 Å². The molecule has 0 saturated heterocycles. The smallest absolute Gasteiger partial charge is 0.262 e. The number of pyridine rings is 1. The number of anilines is 1. The summed E-state index contributed by atoms with van der Waals surface area (Å²) in [6.07, 6.45) is 1.56. The van der Waals surface area contributed by atoms with E-state index in [4.69, 9.17) is 16.0 Å². The van der Waals surface area contributed by atoms with E-state index in [0.717, 1.165) is 10.5 Å². The molecule has 2 aromatic carbocycles. The third-order valence-electron chi connectivity index (χ3n) is 3.99. The second-order valence-corrected chi connectivity index (χ2v) is 7.38. The van der Waals surface area contributed by atoms with Gasteiger partial charge < -0.3 is 9.73 Å². The molecule has 4 rings (SSSR count). The van der Waals surface area contributed by atoms with Crippen LogP contribution in [0.2, 0.25) is 5.02 Å². The van der Waals surface area contributed by atoms with E-state index in [-0.39, 0.29) is 21.8 Å². The fraction of sp³-hybridized carbons (Fsp3) is 0. The van der Waals surface area contributed by atoms with Crippen LogP contribution in [0.25, 0.3) is 11.0 Å². The van der Waals surface area contributed by atoms with Gasteiger partial charge in [0.05, 0.1) is 0 Å². The van der Waals surface area contributed by atoms with E-state index in [1.807, 2.05) is 6.07 Å². The number of carbonyl (C=O) groups is 1. The Hall–Kier alpha value is -3.03. The second-order valence-electron chi connectivity index (χ2n) is 6.02. The van der Waals surface area contributed by atoms with Crippen LogP contribution in [-0.2, 0) is 0 Å². The summed E-state index contributed by atoms with van der Waals surface area (Å²) < 4.78 is 20.9. The number of nitrogens with zero attached hydrogens (tertiary/aromatic N) is 2. The summed E-state index contributed by atoms with van der Waals surface area (Å²) in [5, 5.41) is 3.62. The van der Waals surface area contributed by atoms with Crippen molar-refractivity contribution in [1.29, 1.82) is 0 Å². The van der Waals surface area contributed by atoms with E-state index in [0.29, 0.717) is 16.8 Å². The molecular formula is C21H12BrClFN3O2. The van der Waals surface area contributed by atoms with Gasteiger partial charge in [-0.05, 0) is 54.6 Å². The standard InChI is InChI=1S/C21H12BrClFN3O2/c22-13-4-7-18-12(9-13)10-15(20(28)27-19-3-1-2-8-25-19)21(29-18)26-17-6-5-14(23)11-16(17)24/h1-11H,(H,25,27,28). The molecule has 2 heterocycles. The predicted octanol–water partition coefficient (Wildman–Crippen LogP) is 5.87. The van der Waals surface area contributed by atoms with Gasteiger partial charge in [-0.1, -0.05) is 33.6 Å². The minimum absolute atomic E-state index is 0.00139. The summed E-state index contributed by atoms with van der Waals surface area (Å²) in [5.41, 5.74) is 0.599. The van der Waals surface area contributed by atoms with Gasteiger partial charge >= 0.3 is 0 Å². The molecule has 0 atom stereocenters. The first-order valence-corrected chi connectivity index (χ1v) is 9.62. The van der Waals surface area contributed by atoms with E-state index < -0.39 is 11.7 Å². The zero-order valence-electron chi connectivity index (χ0n) is 14.7. The molecule has 4 aromatic rings. The summed E-state index contributed by atoms with van der Waals surface area (Å²) in [4.78, 5) is 21.2. The molecule has 0 spiro atoms. The Labute approximate surface area is 178 Å². The molecule has 0 aliphatic carbocycles. The van der Waals surface area contributed by atoms with Crippen molar-refractivity contribution in [2.45, 2.75) is 0 Å². The normalized spacial score (nSPS) is 11.6. The van der Waals surface area contributed by atoms with Crippen LogP contribution in [0.4, 0.5) is 15.9 Å². The van der Waals surface area contributed by atoms with E-state index in [1.54, 1.807) is 42.6 Å². The third-order valence-corrected chi connectivity index (χ3v) is 4.72. The molecule has 0 unspecified atom stereocenters. The maximum Gasteiger partial charge on any atom is 0.262 e. The number of fused-ring (bicyclic) bond motifs is 1. The van der Waals surface area contributed by atoms with Crippen LogP contribution in [0, 0.1) is 5.82 Å². The van der Waals surface area contributed by atoms with Crippen LogP contribution < -0.4 is 10.9 Å². The fourth-order valence-electron chi connectivity index (χ4n) is 2.65. The van der Waals surface area contributed by atoms with Crippen LogP contribution in [0.15, 0.2) is 80.7 Å². The van der Waals surface area contributed by atoms with Gasteiger partial charge in [0.15, 0.2) is 0 Å². The average molecular weight is 473 g/mol. The highest BCUT2D eigenvalue weighted by molar-refractivity contribution is 9.10. The van der Waals surface area contributed by atoms with Gasteiger partial charge in [0, 0.05) is 21.1 Å². The lowest BCUT2D eigenvalue weighted by Gasteiger charge is -2.07. The topological polar surface area (TPSA) is 67.5 Å². The molecule has 0 radical (unpaired) electrons. The second kappa shape index (κ2) is 8.14. The molecular weight excluding hydrogens is 461 g/mol. The van der Waals surface area contributed by atoms with Gasteiger partial charge in [-0.3, -0.25) is 4.79 Å². The molecule has 8 heteroatoms. The highest BCUT2D eigenvalue weighted by Gasteiger charge is 2.14. The maximum atomic E-state index is 14.2. The van der Waals surface area contributed by atoms with Gasteiger partial charge in [0.1, 0.15) is 28.5 Å².